The first-order chi connectivity index (χ1) is 16.1. The number of aromatic nitrogens is 3. The molecule has 0 aliphatic carbocycles. The second kappa shape index (κ2) is 10.5. The molecule has 4 rings (SSSR count). The van der Waals surface area contributed by atoms with E-state index >= 15 is 0 Å². The van der Waals surface area contributed by atoms with E-state index in [1.54, 1.807) is 18.5 Å². The molecule has 1 amide bonds. The molecule has 1 saturated heterocycles. The first kappa shape index (κ1) is 22.9. The Balaban J connectivity index is 1.72. The molecule has 33 heavy (non-hydrogen) atoms. The third-order valence-corrected chi connectivity index (χ3v) is 5.60. The van der Waals surface area contributed by atoms with Gasteiger partial charge in [-0.15, -0.1) is 0 Å². The van der Waals surface area contributed by atoms with Crippen LogP contribution in [0.15, 0.2) is 42.9 Å². The van der Waals surface area contributed by atoms with E-state index < -0.39 is 5.82 Å². The van der Waals surface area contributed by atoms with E-state index in [4.69, 9.17) is 11.6 Å². The van der Waals surface area contributed by atoms with Gasteiger partial charge in [0, 0.05) is 43.6 Å². The van der Waals surface area contributed by atoms with Crippen molar-refractivity contribution in [1.29, 1.82) is 0 Å². The lowest BCUT2D eigenvalue weighted by Crippen LogP contribution is -2.31. The average Bonchev–Trinajstić information content (AvgIpc) is 3.36. The van der Waals surface area contributed by atoms with E-state index in [2.05, 4.69) is 35.8 Å². The summed E-state index contributed by atoms with van der Waals surface area (Å²) in [5, 5.41) is 9.51. The van der Waals surface area contributed by atoms with Gasteiger partial charge in [-0.2, -0.15) is 0 Å². The maximum absolute atomic E-state index is 14.5. The number of carbonyl (C=O) groups excluding carboxylic acids is 1. The second-order valence-corrected chi connectivity index (χ2v) is 8.09. The predicted octanol–water partition coefficient (Wildman–Crippen LogP) is 3.62. The van der Waals surface area contributed by atoms with Crippen molar-refractivity contribution in [3.63, 3.8) is 0 Å². The number of pyridine rings is 1. The lowest BCUT2D eigenvalue weighted by atomic mass is 10.2. The van der Waals surface area contributed by atoms with Crippen LogP contribution in [0.5, 0.6) is 0 Å². The van der Waals surface area contributed by atoms with Gasteiger partial charge in [-0.3, -0.25) is 9.78 Å². The maximum Gasteiger partial charge on any atom is 0.255 e. The second-order valence-electron chi connectivity index (χ2n) is 7.65. The Kier molecular flexibility index (Phi) is 7.31. The molecule has 0 spiro atoms. The minimum atomic E-state index is -0.465. The highest BCUT2D eigenvalue weighted by molar-refractivity contribution is 6.30. The van der Waals surface area contributed by atoms with Crippen molar-refractivity contribution in [2.24, 2.45) is 0 Å². The number of rotatable bonds is 8. The number of nitrogens with zero attached hydrogens (tertiary/aromatic N) is 4. The Morgan fingerprint density at radius 1 is 1.18 bits per heavy atom. The van der Waals surface area contributed by atoms with Crippen molar-refractivity contribution < 1.29 is 9.18 Å². The number of nitrogens with one attached hydrogen (secondary N) is 3. The van der Waals surface area contributed by atoms with E-state index in [1.807, 2.05) is 7.05 Å². The molecule has 3 heterocycles. The number of hydrogen-bond acceptors (Lipinski definition) is 7. The highest BCUT2D eigenvalue weighted by Gasteiger charge is 2.21. The normalized spacial score (nSPS) is 13.2. The van der Waals surface area contributed by atoms with Crippen LogP contribution in [0.3, 0.4) is 0 Å². The average molecular weight is 470 g/mol. The van der Waals surface area contributed by atoms with Gasteiger partial charge in [0.05, 0.1) is 28.7 Å². The van der Waals surface area contributed by atoms with Gasteiger partial charge in [-0.25, -0.2) is 14.4 Å². The number of likely N-dealkylation sites (N-methyl/N-ethyl adjacent to an activating group) is 1. The van der Waals surface area contributed by atoms with E-state index in [9.17, 15) is 9.18 Å². The highest BCUT2D eigenvalue weighted by Crippen LogP contribution is 2.33. The molecule has 0 radical (unpaired) electrons. The fraction of sp³-hybridized carbons (Fsp3) is 0.304. The Bertz CT molecular complexity index is 1140. The van der Waals surface area contributed by atoms with Crippen LogP contribution in [-0.4, -0.2) is 54.1 Å². The van der Waals surface area contributed by atoms with Crippen LogP contribution in [0.25, 0.3) is 11.4 Å². The number of anilines is 3. The molecule has 0 saturated carbocycles. The first-order valence-electron chi connectivity index (χ1n) is 10.8. The topological polar surface area (TPSA) is 95.1 Å². The Hall–Kier alpha value is -3.30. The van der Waals surface area contributed by atoms with Crippen molar-refractivity contribution >= 4 is 34.7 Å². The van der Waals surface area contributed by atoms with Gasteiger partial charge >= 0.3 is 0 Å². The number of carbonyl (C=O) groups is 1. The zero-order valence-electron chi connectivity index (χ0n) is 18.2. The molecule has 1 fully saturated rings. The summed E-state index contributed by atoms with van der Waals surface area (Å²) in [5.74, 6) is -0.0298. The van der Waals surface area contributed by atoms with Gasteiger partial charge < -0.3 is 20.9 Å². The quantitative estimate of drug-likeness (QED) is 0.434. The van der Waals surface area contributed by atoms with E-state index in [-0.39, 0.29) is 17.3 Å². The molecule has 2 aromatic heterocycles. The predicted molar refractivity (Wildman–Crippen MR) is 128 cm³/mol. The molecule has 0 unspecified atom stereocenters. The van der Waals surface area contributed by atoms with Crippen LogP contribution < -0.4 is 20.9 Å². The van der Waals surface area contributed by atoms with E-state index in [0.717, 1.165) is 31.6 Å². The Labute approximate surface area is 196 Å². The van der Waals surface area contributed by atoms with Gasteiger partial charge in [0.2, 0.25) is 0 Å². The van der Waals surface area contributed by atoms with Gasteiger partial charge in [-0.05, 0) is 44.2 Å². The number of amides is 1. The number of hydrogen-bond donors (Lipinski definition) is 3. The van der Waals surface area contributed by atoms with Crippen LogP contribution in [-0.2, 0) is 0 Å². The molecule has 172 valence electrons. The van der Waals surface area contributed by atoms with Crippen molar-refractivity contribution in [3.8, 4) is 11.4 Å². The van der Waals surface area contributed by atoms with Crippen LogP contribution in [0.2, 0.25) is 5.02 Å². The molecule has 1 aliphatic heterocycles. The van der Waals surface area contributed by atoms with Gasteiger partial charge in [-0.1, -0.05) is 11.6 Å². The summed E-state index contributed by atoms with van der Waals surface area (Å²) in [6.07, 6.45) is 6.92. The molecule has 3 N–H and O–H groups in total. The third-order valence-electron chi connectivity index (χ3n) is 5.36. The molecule has 0 bridgehead atoms. The summed E-state index contributed by atoms with van der Waals surface area (Å²) in [6, 6.07) is 5.98. The summed E-state index contributed by atoms with van der Waals surface area (Å²) in [6.45, 7) is 2.87. The highest BCUT2D eigenvalue weighted by atomic mass is 35.5. The molecular formula is C23H25ClFN7O. The van der Waals surface area contributed by atoms with Crippen molar-refractivity contribution in [2.75, 3.05) is 43.4 Å². The maximum atomic E-state index is 14.5. The molecule has 10 heteroatoms. The molecule has 0 atom stereocenters. The Morgan fingerprint density at radius 3 is 2.79 bits per heavy atom. The zero-order chi connectivity index (χ0) is 23.2. The van der Waals surface area contributed by atoms with Crippen LogP contribution in [0.4, 0.5) is 21.6 Å². The van der Waals surface area contributed by atoms with Crippen LogP contribution in [0, 0.1) is 5.82 Å². The fourth-order valence-corrected chi connectivity index (χ4v) is 3.84. The summed E-state index contributed by atoms with van der Waals surface area (Å²) < 4.78 is 14.5. The number of halogens is 2. The summed E-state index contributed by atoms with van der Waals surface area (Å²) >= 11 is 6.08. The van der Waals surface area contributed by atoms with Crippen LogP contribution >= 0.6 is 11.6 Å². The molecule has 1 aromatic carbocycles. The van der Waals surface area contributed by atoms with E-state index in [1.165, 1.54) is 24.4 Å². The molecule has 8 nitrogen and oxygen atoms in total. The van der Waals surface area contributed by atoms with Crippen molar-refractivity contribution in [1.82, 2.24) is 25.6 Å². The smallest absolute Gasteiger partial charge is 0.255 e. The SMILES string of the molecule is CNCCNC(=O)c1cnccc1Nc1nc(-c2cc(Cl)ccc2F)ncc1N1CCCC1. The standard InChI is InChI=1S/C23H25ClFN7O/c1-26-8-9-28-23(33)17-13-27-7-6-19(17)30-22-20(32-10-2-3-11-32)14-29-21(31-22)16-12-15(24)4-5-18(16)25/h4-7,12-14,26H,2-3,8-11H2,1H3,(H,28,33)(H,27,29,30,31). The van der Waals surface area contributed by atoms with E-state index in [0.29, 0.717) is 35.2 Å². The zero-order valence-corrected chi connectivity index (χ0v) is 19.0. The lowest BCUT2D eigenvalue weighted by molar-refractivity contribution is 0.0954. The first-order valence-corrected chi connectivity index (χ1v) is 11.2. The van der Waals surface area contributed by atoms with Crippen molar-refractivity contribution in [2.45, 2.75) is 12.8 Å². The summed E-state index contributed by atoms with van der Waals surface area (Å²) in [4.78, 5) is 28.0. The third kappa shape index (κ3) is 5.37. The van der Waals surface area contributed by atoms with Crippen LogP contribution in [0.1, 0.15) is 23.2 Å². The minimum Gasteiger partial charge on any atom is -0.367 e. The lowest BCUT2D eigenvalue weighted by Gasteiger charge is -2.22. The van der Waals surface area contributed by atoms with Crippen molar-refractivity contribution in [3.05, 3.63) is 59.3 Å². The fourth-order valence-electron chi connectivity index (χ4n) is 3.66. The monoisotopic (exact) mass is 469 g/mol. The summed E-state index contributed by atoms with van der Waals surface area (Å²) in [5.41, 5.74) is 1.93. The number of benzene rings is 1. The molecule has 3 aromatic rings. The summed E-state index contributed by atoms with van der Waals surface area (Å²) in [7, 11) is 1.82. The Morgan fingerprint density at radius 2 is 2.00 bits per heavy atom. The molecular weight excluding hydrogens is 445 g/mol. The van der Waals surface area contributed by atoms with Gasteiger partial charge in [0.15, 0.2) is 11.6 Å². The van der Waals surface area contributed by atoms with Gasteiger partial charge in [0.25, 0.3) is 5.91 Å². The largest absolute Gasteiger partial charge is 0.367 e. The van der Waals surface area contributed by atoms with Gasteiger partial charge in [0.1, 0.15) is 5.82 Å². The minimum absolute atomic E-state index is 0.203. The molecule has 1 aliphatic rings.